The van der Waals surface area contributed by atoms with Crippen LogP contribution in [0.4, 0.5) is 0 Å². The second kappa shape index (κ2) is 6.20. The van der Waals surface area contributed by atoms with Gasteiger partial charge in [-0.25, -0.2) is 4.98 Å². The molecule has 2 rings (SSSR count). The van der Waals surface area contributed by atoms with Crippen LogP contribution in [0.5, 0.6) is 0 Å². The molecule has 2 N–H and O–H groups in total. The van der Waals surface area contributed by atoms with Gasteiger partial charge in [0.15, 0.2) is 0 Å². The van der Waals surface area contributed by atoms with Crippen LogP contribution >= 0.6 is 11.8 Å². The number of nitrogens with two attached hydrogens (primary N) is 1. The van der Waals surface area contributed by atoms with Crippen LogP contribution in [0.15, 0.2) is 23.4 Å². The van der Waals surface area contributed by atoms with Gasteiger partial charge in [-0.1, -0.05) is 17.8 Å². The van der Waals surface area contributed by atoms with Crippen molar-refractivity contribution in [3.63, 3.8) is 0 Å². The van der Waals surface area contributed by atoms with E-state index in [1.165, 1.54) is 11.8 Å². The van der Waals surface area contributed by atoms with Gasteiger partial charge in [0.05, 0.1) is 10.8 Å². The lowest BCUT2D eigenvalue weighted by Gasteiger charge is -2.14. The molecular weight excluding hydrogens is 246 g/mol. The highest BCUT2D eigenvalue weighted by Gasteiger charge is 2.17. The summed E-state index contributed by atoms with van der Waals surface area (Å²) in [5.74, 6) is 0.695. The fraction of sp³-hybridized carbons (Fsp3) is 0.538. The Labute approximate surface area is 112 Å². The van der Waals surface area contributed by atoms with Crippen LogP contribution in [0.25, 0.3) is 0 Å². The fourth-order valence-electron chi connectivity index (χ4n) is 1.94. The lowest BCUT2D eigenvalue weighted by Crippen LogP contribution is -2.29. The van der Waals surface area contributed by atoms with Gasteiger partial charge in [-0.2, -0.15) is 0 Å². The predicted molar refractivity (Wildman–Crippen MR) is 73.4 cm³/mol. The summed E-state index contributed by atoms with van der Waals surface area (Å²) in [6.07, 6.45) is 4.06. The SMILES string of the molecule is C[C@H](N)c1ccc(SCC(=O)N2CCCC2)nc1. The van der Waals surface area contributed by atoms with Crippen LogP contribution in [-0.4, -0.2) is 34.6 Å². The van der Waals surface area contributed by atoms with Gasteiger partial charge in [-0.05, 0) is 31.4 Å². The van der Waals surface area contributed by atoms with Crippen molar-refractivity contribution in [1.82, 2.24) is 9.88 Å². The summed E-state index contributed by atoms with van der Waals surface area (Å²) in [6, 6.07) is 3.91. The number of pyridine rings is 1. The molecule has 0 radical (unpaired) electrons. The average Bonchev–Trinajstić information content (AvgIpc) is 2.90. The summed E-state index contributed by atoms with van der Waals surface area (Å²) in [5.41, 5.74) is 6.78. The lowest BCUT2D eigenvalue weighted by molar-refractivity contribution is -0.127. The van der Waals surface area contributed by atoms with E-state index >= 15 is 0 Å². The molecule has 5 heteroatoms. The van der Waals surface area contributed by atoms with E-state index in [0.29, 0.717) is 5.75 Å². The van der Waals surface area contributed by atoms with Crippen molar-refractivity contribution in [2.75, 3.05) is 18.8 Å². The van der Waals surface area contributed by atoms with E-state index < -0.39 is 0 Å². The molecule has 1 aromatic rings. The molecule has 0 aromatic carbocycles. The van der Waals surface area contributed by atoms with E-state index in [2.05, 4.69) is 4.98 Å². The highest BCUT2D eigenvalue weighted by Crippen LogP contribution is 2.19. The second-order valence-electron chi connectivity index (χ2n) is 4.60. The van der Waals surface area contributed by atoms with E-state index in [1.54, 1.807) is 6.20 Å². The van der Waals surface area contributed by atoms with Crippen LogP contribution in [0.2, 0.25) is 0 Å². The maximum Gasteiger partial charge on any atom is 0.232 e. The highest BCUT2D eigenvalue weighted by molar-refractivity contribution is 7.99. The summed E-state index contributed by atoms with van der Waals surface area (Å²) < 4.78 is 0. The number of hydrogen-bond donors (Lipinski definition) is 1. The van der Waals surface area contributed by atoms with E-state index in [-0.39, 0.29) is 11.9 Å². The minimum atomic E-state index is 0.00258. The molecule has 1 aromatic heterocycles. The third kappa shape index (κ3) is 3.46. The third-order valence-corrected chi connectivity index (χ3v) is 4.02. The van der Waals surface area contributed by atoms with Gasteiger partial charge >= 0.3 is 0 Å². The molecule has 2 heterocycles. The van der Waals surface area contributed by atoms with Crippen molar-refractivity contribution in [3.8, 4) is 0 Å². The molecule has 98 valence electrons. The zero-order valence-electron chi connectivity index (χ0n) is 10.6. The maximum absolute atomic E-state index is 11.9. The Morgan fingerprint density at radius 2 is 2.22 bits per heavy atom. The Morgan fingerprint density at radius 3 is 2.78 bits per heavy atom. The Bertz CT molecular complexity index is 399. The van der Waals surface area contributed by atoms with E-state index in [4.69, 9.17) is 5.73 Å². The molecule has 1 fully saturated rings. The predicted octanol–water partition coefficient (Wildman–Crippen LogP) is 1.82. The van der Waals surface area contributed by atoms with Gasteiger partial charge < -0.3 is 10.6 Å². The number of carbonyl (C=O) groups excluding carboxylic acids is 1. The van der Waals surface area contributed by atoms with Gasteiger partial charge in [0.1, 0.15) is 0 Å². The molecule has 0 saturated carbocycles. The molecule has 1 amide bonds. The number of thioether (sulfide) groups is 1. The molecule has 0 bridgehead atoms. The first-order valence-electron chi connectivity index (χ1n) is 6.29. The average molecular weight is 265 g/mol. The second-order valence-corrected chi connectivity index (χ2v) is 5.59. The van der Waals surface area contributed by atoms with Gasteiger partial charge in [0, 0.05) is 25.3 Å². The molecule has 1 atom stereocenters. The first-order chi connectivity index (χ1) is 8.66. The van der Waals surface area contributed by atoms with Crippen molar-refractivity contribution in [2.45, 2.75) is 30.8 Å². The van der Waals surface area contributed by atoms with Crippen LogP contribution < -0.4 is 5.73 Å². The van der Waals surface area contributed by atoms with E-state index in [1.807, 2.05) is 24.0 Å². The zero-order valence-corrected chi connectivity index (χ0v) is 11.4. The van der Waals surface area contributed by atoms with Crippen molar-refractivity contribution in [3.05, 3.63) is 23.9 Å². The molecule has 1 aliphatic heterocycles. The fourth-order valence-corrected chi connectivity index (χ4v) is 2.69. The first kappa shape index (κ1) is 13.4. The number of hydrogen-bond acceptors (Lipinski definition) is 4. The Hall–Kier alpha value is -1.07. The van der Waals surface area contributed by atoms with Gasteiger partial charge in [0.25, 0.3) is 0 Å². The Kier molecular flexibility index (Phi) is 4.60. The lowest BCUT2D eigenvalue weighted by atomic mass is 10.2. The maximum atomic E-state index is 11.9. The number of rotatable bonds is 4. The highest BCUT2D eigenvalue weighted by atomic mass is 32.2. The zero-order chi connectivity index (χ0) is 13.0. The monoisotopic (exact) mass is 265 g/mol. The Morgan fingerprint density at radius 1 is 1.50 bits per heavy atom. The van der Waals surface area contributed by atoms with Gasteiger partial charge in [-0.3, -0.25) is 4.79 Å². The quantitative estimate of drug-likeness (QED) is 0.844. The van der Waals surface area contributed by atoms with Crippen molar-refractivity contribution >= 4 is 17.7 Å². The van der Waals surface area contributed by atoms with Crippen molar-refractivity contribution < 1.29 is 4.79 Å². The normalized spacial score (nSPS) is 16.9. The summed E-state index contributed by atoms with van der Waals surface area (Å²) in [7, 11) is 0. The third-order valence-electron chi connectivity index (χ3n) is 3.09. The smallest absolute Gasteiger partial charge is 0.232 e. The molecule has 0 spiro atoms. The largest absolute Gasteiger partial charge is 0.342 e. The van der Waals surface area contributed by atoms with Crippen LogP contribution in [0.1, 0.15) is 31.4 Å². The number of nitrogens with zero attached hydrogens (tertiary/aromatic N) is 2. The summed E-state index contributed by atoms with van der Waals surface area (Å²) in [6.45, 7) is 3.76. The van der Waals surface area contributed by atoms with Crippen LogP contribution in [-0.2, 0) is 4.79 Å². The summed E-state index contributed by atoms with van der Waals surface area (Å²) >= 11 is 1.49. The Balaban J connectivity index is 1.84. The first-order valence-corrected chi connectivity index (χ1v) is 7.27. The molecular formula is C13H19N3OS. The van der Waals surface area contributed by atoms with Crippen LogP contribution in [0.3, 0.4) is 0 Å². The number of amides is 1. The molecule has 0 aliphatic carbocycles. The summed E-state index contributed by atoms with van der Waals surface area (Å²) in [4.78, 5) is 18.1. The van der Waals surface area contributed by atoms with E-state index in [0.717, 1.165) is 36.5 Å². The standard InChI is InChI=1S/C13H19N3OS/c1-10(14)11-4-5-12(15-8-11)18-9-13(17)16-6-2-3-7-16/h4-5,8,10H,2-3,6-7,9,14H2,1H3/t10-/m0/s1. The van der Waals surface area contributed by atoms with Gasteiger partial charge in [-0.15, -0.1) is 0 Å². The number of carbonyl (C=O) groups is 1. The number of likely N-dealkylation sites (tertiary alicyclic amines) is 1. The molecule has 18 heavy (non-hydrogen) atoms. The summed E-state index contributed by atoms with van der Waals surface area (Å²) in [5, 5.41) is 0.881. The topological polar surface area (TPSA) is 59.2 Å². The molecule has 4 nitrogen and oxygen atoms in total. The van der Waals surface area contributed by atoms with E-state index in [9.17, 15) is 4.79 Å². The molecule has 1 aliphatic rings. The molecule has 0 unspecified atom stereocenters. The van der Waals surface area contributed by atoms with Crippen LogP contribution in [0, 0.1) is 0 Å². The minimum Gasteiger partial charge on any atom is -0.342 e. The van der Waals surface area contributed by atoms with Crippen molar-refractivity contribution in [1.29, 1.82) is 0 Å². The van der Waals surface area contributed by atoms with Gasteiger partial charge in [0.2, 0.25) is 5.91 Å². The minimum absolute atomic E-state index is 0.00258. The van der Waals surface area contributed by atoms with Crippen molar-refractivity contribution in [2.24, 2.45) is 5.73 Å². The number of aromatic nitrogens is 1. The molecule has 1 saturated heterocycles.